The summed E-state index contributed by atoms with van der Waals surface area (Å²) in [6.45, 7) is 2.27. The SMILES string of the molecule is CC(C(=O)Nc1nnc(C2(c3ccccc3)CC2)s1)S(=O)(=O)C1CCOCC1. The second-order valence-electron chi connectivity index (χ2n) is 7.39. The lowest BCUT2D eigenvalue weighted by Gasteiger charge is -2.24. The Kier molecular flexibility index (Phi) is 5.24. The van der Waals surface area contributed by atoms with E-state index in [1.54, 1.807) is 0 Å². The molecule has 4 rings (SSSR count). The van der Waals surface area contributed by atoms with Crippen molar-refractivity contribution >= 4 is 32.2 Å². The molecule has 1 aromatic heterocycles. The molecule has 2 heterocycles. The molecule has 1 N–H and O–H groups in total. The van der Waals surface area contributed by atoms with Crippen molar-refractivity contribution in [2.45, 2.75) is 48.5 Å². The van der Waals surface area contributed by atoms with Gasteiger partial charge < -0.3 is 4.74 Å². The maximum atomic E-state index is 12.7. The molecule has 9 heteroatoms. The highest BCUT2D eigenvalue weighted by Crippen LogP contribution is 2.54. The number of sulfone groups is 1. The van der Waals surface area contributed by atoms with Crippen molar-refractivity contribution in [2.24, 2.45) is 0 Å². The molecule has 1 unspecified atom stereocenters. The minimum absolute atomic E-state index is 0.123. The highest BCUT2D eigenvalue weighted by atomic mass is 32.2. The Balaban J connectivity index is 1.46. The van der Waals surface area contributed by atoms with E-state index in [1.807, 2.05) is 18.2 Å². The maximum absolute atomic E-state index is 12.7. The molecular weight excluding hydrogens is 398 g/mol. The van der Waals surface area contributed by atoms with Gasteiger partial charge in [0.1, 0.15) is 10.3 Å². The molecule has 28 heavy (non-hydrogen) atoms. The van der Waals surface area contributed by atoms with Crippen LogP contribution in [0.15, 0.2) is 30.3 Å². The first-order valence-electron chi connectivity index (χ1n) is 9.44. The zero-order chi connectivity index (χ0) is 19.8. The predicted octanol–water partition coefficient (Wildman–Crippen LogP) is 2.54. The van der Waals surface area contributed by atoms with E-state index in [-0.39, 0.29) is 5.41 Å². The van der Waals surface area contributed by atoms with Crippen LogP contribution < -0.4 is 5.32 Å². The number of anilines is 1. The Labute approximate surface area is 168 Å². The third-order valence-corrected chi connectivity index (χ3v) is 9.28. The number of hydrogen-bond acceptors (Lipinski definition) is 7. The van der Waals surface area contributed by atoms with Crippen LogP contribution in [0.2, 0.25) is 0 Å². The van der Waals surface area contributed by atoms with Crippen molar-refractivity contribution < 1.29 is 17.9 Å². The summed E-state index contributed by atoms with van der Waals surface area (Å²) >= 11 is 1.32. The van der Waals surface area contributed by atoms with Crippen molar-refractivity contribution in [3.63, 3.8) is 0 Å². The molecule has 2 aliphatic rings. The molecule has 1 saturated heterocycles. The number of carbonyl (C=O) groups excluding carboxylic acids is 1. The van der Waals surface area contributed by atoms with Crippen molar-refractivity contribution in [1.29, 1.82) is 0 Å². The second-order valence-corrected chi connectivity index (χ2v) is 10.9. The van der Waals surface area contributed by atoms with Gasteiger partial charge in [-0.2, -0.15) is 0 Å². The highest BCUT2D eigenvalue weighted by molar-refractivity contribution is 7.93. The van der Waals surface area contributed by atoms with Crippen LogP contribution in [-0.2, 0) is 24.8 Å². The molecule has 7 nitrogen and oxygen atoms in total. The van der Waals surface area contributed by atoms with Gasteiger partial charge in [0.05, 0.1) is 5.25 Å². The van der Waals surface area contributed by atoms with Gasteiger partial charge in [-0.3, -0.25) is 10.1 Å². The van der Waals surface area contributed by atoms with Gasteiger partial charge in [0.25, 0.3) is 0 Å². The Morgan fingerprint density at radius 1 is 1.21 bits per heavy atom. The highest BCUT2D eigenvalue weighted by Gasteiger charge is 2.49. The normalized spacial score (nSPS) is 20.5. The number of nitrogens with zero attached hydrogens (tertiary/aromatic N) is 2. The largest absolute Gasteiger partial charge is 0.381 e. The molecule has 0 spiro atoms. The van der Waals surface area contributed by atoms with Gasteiger partial charge in [-0.25, -0.2) is 8.42 Å². The molecule has 1 aromatic carbocycles. The molecular formula is C19H23N3O4S2. The number of benzene rings is 1. The van der Waals surface area contributed by atoms with E-state index in [0.717, 1.165) is 17.8 Å². The summed E-state index contributed by atoms with van der Waals surface area (Å²) in [7, 11) is -3.57. The number of amides is 1. The predicted molar refractivity (Wildman–Crippen MR) is 107 cm³/mol. The van der Waals surface area contributed by atoms with Crippen LogP contribution in [0, 0.1) is 0 Å². The van der Waals surface area contributed by atoms with Crippen LogP contribution in [0.5, 0.6) is 0 Å². The van der Waals surface area contributed by atoms with Gasteiger partial charge in [0.15, 0.2) is 9.84 Å². The number of aromatic nitrogens is 2. The fourth-order valence-electron chi connectivity index (χ4n) is 3.62. The Bertz CT molecular complexity index is 949. The van der Waals surface area contributed by atoms with E-state index in [0.29, 0.717) is 31.2 Å². The molecule has 2 aromatic rings. The molecule has 1 atom stereocenters. The molecule has 2 fully saturated rings. The van der Waals surface area contributed by atoms with Crippen molar-refractivity contribution in [3.8, 4) is 0 Å². The lowest BCUT2D eigenvalue weighted by Crippen LogP contribution is -2.41. The number of ether oxygens (including phenoxy) is 1. The fraction of sp³-hybridized carbons (Fsp3) is 0.526. The Morgan fingerprint density at radius 3 is 2.54 bits per heavy atom. The van der Waals surface area contributed by atoms with Gasteiger partial charge in [0.2, 0.25) is 11.0 Å². The molecule has 1 amide bonds. The van der Waals surface area contributed by atoms with Crippen LogP contribution in [0.1, 0.15) is 43.2 Å². The first-order valence-corrected chi connectivity index (χ1v) is 11.9. The first kappa shape index (κ1) is 19.5. The van der Waals surface area contributed by atoms with Gasteiger partial charge in [0, 0.05) is 18.6 Å². The molecule has 150 valence electrons. The van der Waals surface area contributed by atoms with Crippen molar-refractivity contribution in [3.05, 3.63) is 40.9 Å². The van der Waals surface area contributed by atoms with Gasteiger partial charge in [-0.15, -0.1) is 10.2 Å². The van der Waals surface area contributed by atoms with Gasteiger partial charge in [-0.05, 0) is 38.2 Å². The summed E-state index contributed by atoms with van der Waals surface area (Å²) in [4.78, 5) is 12.6. The van der Waals surface area contributed by atoms with Crippen molar-refractivity contribution in [2.75, 3.05) is 18.5 Å². The lowest BCUT2D eigenvalue weighted by molar-refractivity contribution is -0.115. The number of carbonyl (C=O) groups is 1. The quantitative estimate of drug-likeness (QED) is 0.770. The summed E-state index contributed by atoms with van der Waals surface area (Å²) < 4.78 is 30.7. The van der Waals surface area contributed by atoms with E-state index in [1.165, 1.54) is 23.8 Å². The fourth-order valence-corrected chi connectivity index (χ4v) is 6.42. The zero-order valence-electron chi connectivity index (χ0n) is 15.6. The standard InChI is InChI=1S/C19H23N3O4S2/c1-13(28(24,25)15-7-11-26-12-8-15)16(23)20-18-22-21-17(27-18)19(9-10-19)14-5-3-2-4-6-14/h2-6,13,15H,7-12H2,1H3,(H,20,22,23). The van der Waals surface area contributed by atoms with Crippen LogP contribution in [-0.4, -0.2) is 48.2 Å². The minimum atomic E-state index is -3.57. The van der Waals surface area contributed by atoms with E-state index >= 15 is 0 Å². The van der Waals surface area contributed by atoms with Crippen LogP contribution in [0.3, 0.4) is 0 Å². The van der Waals surface area contributed by atoms with Crippen LogP contribution in [0.4, 0.5) is 5.13 Å². The smallest absolute Gasteiger partial charge is 0.244 e. The van der Waals surface area contributed by atoms with Gasteiger partial charge >= 0.3 is 0 Å². The monoisotopic (exact) mass is 421 g/mol. The van der Waals surface area contributed by atoms with E-state index in [2.05, 4.69) is 27.6 Å². The van der Waals surface area contributed by atoms with Crippen LogP contribution >= 0.6 is 11.3 Å². The Hall–Kier alpha value is -1.84. The summed E-state index contributed by atoms with van der Waals surface area (Å²) in [5.74, 6) is -0.557. The third kappa shape index (κ3) is 3.58. The van der Waals surface area contributed by atoms with Gasteiger partial charge in [-0.1, -0.05) is 41.7 Å². The van der Waals surface area contributed by atoms with E-state index in [9.17, 15) is 13.2 Å². The van der Waals surface area contributed by atoms with Crippen molar-refractivity contribution in [1.82, 2.24) is 10.2 Å². The average molecular weight is 422 g/mol. The van der Waals surface area contributed by atoms with Crippen LogP contribution in [0.25, 0.3) is 0 Å². The second kappa shape index (κ2) is 7.53. The Morgan fingerprint density at radius 2 is 1.89 bits per heavy atom. The first-order chi connectivity index (χ1) is 13.4. The maximum Gasteiger partial charge on any atom is 0.244 e. The number of rotatable bonds is 6. The van der Waals surface area contributed by atoms with E-state index in [4.69, 9.17) is 4.74 Å². The topological polar surface area (TPSA) is 98.3 Å². The summed E-state index contributed by atoms with van der Waals surface area (Å²) in [6.07, 6.45) is 2.85. The van der Waals surface area contributed by atoms with E-state index < -0.39 is 26.2 Å². The summed E-state index contributed by atoms with van der Waals surface area (Å²) in [5, 5.41) is 10.6. The minimum Gasteiger partial charge on any atom is -0.381 e. The average Bonchev–Trinajstić information content (AvgIpc) is 3.41. The number of nitrogens with one attached hydrogen (secondary N) is 1. The molecule has 0 bridgehead atoms. The lowest BCUT2D eigenvalue weighted by atomic mass is 9.97. The molecule has 1 saturated carbocycles. The molecule has 0 radical (unpaired) electrons. The zero-order valence-corrected chi connectivity index (χ0v) is 17.3. The number of hydrogen-bond donors (Lipinski definition) is 1. The molecule has 1 aliphatic heterocycles. The summed E-state index contributed by atoms with van der Waals surface area (Å²) in [6, 6.07) is 10.1. The third-order valence-electron chi connectivity index (χ3n) is 5.64. The molecule has 1 aliphatic carbocycles. The summed E-state index contributed by atoms with van der Waals surface area (Å²) in [5.41, 5.74) is 1.07.